The predicted octanol–water partition coefficient (Wildman–Crippen LogP) is 2.41. The Morgan fingerprint density at radius 1 is 1.17 bits per heavy atom. The van der Waals surface area contributed by atoms with Crippen LogP contribution in [0.4, 0.5) is 5.00 Å². The van der Waals surface area contributed by atoms with E-state index in [1.807, 2.05) is 35.4 Å². The number of hydrogen-bond acceptors (Lipinski definition) is 4. The third kappa shape index (κ3) is 2.90. The van der Waals surface area contributed by atoms with E-state index in [2.05, 4.69) is 4.98 Å². The molecule has 3 amide bonds. The lowest BCUT2D eigenvalue weighted by atomic mass is 10.0. The number of aromatic nitrogens is 1. The van der Waals surface area contributed by atoms with Gasteiger partial charge in [-0.05, 0) is 23.6 Å². The molecule has 0 atom stereocenters. The van der Waals surface area contributed by atoms with Gasteiger partial charge in [0, 0.05) is 42.6 Å². The van der Waals surface area contributed by atoms with E-state index in [9.17, 15) is 14.4 Å². The van der Waals surface area contributed by atoms with Gasteiger partial charge in [0.1, 0.15) is 11.5 Å². The average molecular weight is 423 g/mol. The van der Waals surface area contributed by atoms with Crippen molar-refractivity contribution in [2.45, 2.75) is 19.4 Å². The Labute approximate surface area is 177 Å². The fraction of sp³-hybridized carbons (Fsp3) is 0.318. The van der Waals surface area contributed by atoms with Gasteiger partial charge in [-0.1, -0.05) is 18.2 Å². The van der Waals surface area contributed by atoms with E-state index in [4.69, 9.17) is 0 Å². The van der Waals surface area contributed by atoms with E-state index in [1.165, 1.54) is 16.2 Å². The fourth-order valence-corrected chi connectivity index (χ4v) is 5.63. The number of para-hydroxylation sites is 1. The molecule has 2 aliphatic heterocycles. The molecule has 0 saturated carbocycles. The number of benzene rings is 1. The van der Waals surface area contributed by atoms with E-state index in [0.29, 0.717) is 36.5 Å². The zero-order valence-electron chi connectivity index (χ0n) is 16.9. The van der Waals surface area contributed by atoms with Crippen LogP contribution < -0.4 is 4.90 Å². The normalized spacial score (nSPS) is 16.7. The molecule has 1 N–H and O–H groups in total. The number of likely N-dealkylation sites (N-methyl/N-ethyl adjacent to an activating group) is 2. The Bertz CT molecular complexity index is 1190. The second kappa shape index (κ2) is 6.98. The van der Waals surface area contributed by atoms with Gasteiger partial charge in [0.15, 0.2) is 0 Å². The molecule has 5 rings (SSSR count). The predicted molar refractivity (Wildman–Crippen MR) is 116 cm³/mol. The first kappa shape index (κ1) is 18.9. The fourth-order valence-electron chi connectivity index (χ4n) is 4.30. The highest BCUT2D eigenvalue weighted by molar-refractivity contribution is 7.17. The Morgan fingerprint density at radius 3 is 2.80 bits per heavy atom. The van der Waals surface area contributed by atoms with Crippen molar-refractivity contribution in [1.82, 2.24) is 14.8 Å². The minimum absolute atomic E-state index is 0.0712. The molecule has 4 heterocycles. The highest BCUT2D eigenvalue weighted by Crippen LogP contribution is 2.40. The number of rotatable bonds is 2. The first-order valence-electron chi connectivity index (χ1n) is 9.93. The van der Waals surface area contributed by atoms with Gasteiger partial charge in [0.05, 0.1) is 18.5 Å². The SMILES string of the molecule is CN1CC(=O)N(C)c2sc3c(c2C1=O)CCN(C(=O)Cc1c[nH]c2ccccc12)C3. The van der Waals surface area contributed by atoms with Crippen LogP contribution in [0.3, 0.4) is 0 Å². The molecule has 8 heteroatoms. The van der Waals surface area contributed by atoms with Gasteiger partial charge in [-0.25, -0.2) is 0 Å². The zero-order valence-corrected chi connectivity index (χ0v) is 17.7. The molecular weight excluding hydrogens is 400 g/mol. The van der Waals surface area contributed by atoms with Crippen molar-refractivity contribution in [2.24, 2.45) is 0 Å². The van der Waals surface area contributed by atoms with Crippen molar-refractivity contribution in [2.75, 3.05) is 32.1 Å². The van der Waals surface area contributed by atoms with E-state index >= 15 is 0 Å². The summed E-state index contributed by atoms with van der Waals surface area (Å²) in [4.78, 5) is 47.4. The van der Waals surface area contributed by atoms with E-state index < -0.39 is 0 Å². The molecule has 7 nitrogen and oxygen atoms in total. The van der Waals surface area contributed by atoms with Crippen LogP contribution in [0, 0.1) is 0 Å². The first-order valence-corrected chi connectivity index (χ1v) is 10.7. The van der Waals surface area contributed by atoms with Crippen molar-refractivity contribution in [3.63, 3.8) is 0 Å². The molecule has 0 unspecified atom stereocenters. The Hall–Kier alpha value is -3.13. The summed E-state index contributed by atoms with van der Waals surface area (Å²) in [6, 6.07) is 7.97. The number of anilines is 1. The summed E-state index contributed by atoms with van der Waals surface area (Å²) in [6.07, 6.45) is 2.87. The van der Waals surface area contributed by atoms with Gasteiger partial charge in [-0.15, -0.1) is 11.3 Å². The molecule has 0 bridgehead atoms. The maximum absolute atomic E-state index is 13.0. The summed E-state index contributed by atoms with van der Waals surface area (Å²) >= 11 is 1.46. The van der Waals surface area contributed by atoms with Crippen LogP contribution in [-0.4, -0.2) is 59.7 Å². The molecule has 0 fully saturated rings. The molecule has 0 aliphatic carbocycles. The lowest BCUT2D eigenvalue weighted by Gasteiger charge is -2.27. The number of nitrogens with zero attached hydrogens (tertiary/aromatic N) is 3. The number of aromatic amines is 1. The highest BCUT2D eigenvalue weighted by Gasteiger charge is 2.36. The molecule has 30 heavy (non-hydrogen) atoms. The quantitative estimate of drug-likeness (QED) is 0.689. The number of nitrogens with one attached hydrogen (secondary N) is 1. The number of thiophene rings is 1. The summed E-state index contributed by atoms with van der Waals surface area (Å²) in [5.74, 6) is -0.142. The van der Waals surface area contributed by atoms with Crippen molar-refractivity contribution < 1.29 is 14.4 Å². The van der Waals surface area contributed by atoms with Crippen LogP contribution >= 0.6 is 11.3 Å². The molecule has 0 radical (unpaired) electrons. The van der Waals surface area contributed by atoms with Crippen molar-refractivity contribution in [3.05, 3.63) is 52.0 Å². The lowest BCUT2D eigenvalue weighted by Crippen LogP contribution is -2.37. The molecule has 0 saturated heterocycles. The van der Waals surface area contributed by atoms with Gasteiger partial charge in [-0.3, -0.25) is 14.4 Å². The smallest absolute Gasteiger partial charge is 0.257 e. The van der Waals surface area contributed by atoms with Crippen LogP contribution in [0.15, 0.2) is 30.5 Å². The molecular formula is C22H22N4O3S. The minimum Gasteiger partial charge on any atom is -0.361 e. The second-order valence-corrected chi connectivity index (χ2v) is 8.98. The topological polar surface area (TPSA) is 76.7 Å². The average Bonchev–Trinajstić information content (AvgIpc) is 3.31. The standard InChI is InChI=1S/C22H22N4O3S/c1-24-12-19(28)25(2)22-20(21(24)29)15-7-8-26(11-17(15)30-22)18(27)9-13-10-23-16-6-4-3-5-14(13)16/h3-6,10,23H,7-9,11-12H2,1-2H3. The Kier molecular flexibility index (Phi) is 4.39. The van der Waals surface area contributed by atoms with Crippen molar-refractivity contribution in [3.8, 4) is 0 Å². The third-order valence-corrected chi connectivity index (χ3v) is 7.31. The van der Waals surface area contributed by atoms with Gasteiger partial charge in [0.2, 0.25) is 11.8 Å². The summed E-state index contributed by atoms with van der Waals surface area (Å²) in [5, 5.41) is 1.77. The number of hydrogen-bond donors (Lipinski definition) is 1. The van der Waals surface area contributed by atoms with Gasteiger partial charge >= 0.3 is 0 Å². The lowest BCUT2D eigenvalue weighted by molar-refractivity contribution is -0.131. The number of H-pyrrole nitrogens is 1. The maximum Gasteiger partial charge on any atom is 0.257 e. The molecule has 154 valence electrons. The Morgan fingerprint density at radius 2 is 1.97 bits per heavy atom. The van der Waals surface area contributed by atoms with Gasteiger partial charge in [0.25, 0.3) is 5.91 Å². The van der Waals surface area contributed by atoms with Gasteiger partial charge < -0.3 is 19.7 Å². The van der Waals surface area contributed by atoms with E-state index in [1.54, 1.807) is 19.0 Å². The van der Waals surface area contributed by atoms with Crippen LogP contribution in [0.1, 0.15) is 26.4 Å². The minimum atomic E-state index is -0.112. The Balaban J connectivity index is 1.41. The van der Waals surface area contributed by atoms with Gasteiger partial charge in [-0.2, -0.15) is 0 Å². The largest absolute Gasteiger partial charge is 0.361 e. The van der Waals surface area contributed by atoms with Crippen LogP contribution in [0.25, 0.3) is 10.9 Å². The molecule has 0 spiro atoms. The van der Waals surface area contributed by atoms with Crippen molar-refractivity contribution >= 4 is 45.0 Å². The summed E-state index contributed by atoms with van der Waals surface area (Å²) in [7, 11) is 3.38. The van der Waals surface area contributed by atoms with Crippen LogP contribution in [0.2, 0.25) is 0 Å². The van der Waals surface area contributed by atoms with Crippen molar-refractivity contribution in [1.29, 1.82) is 0 Å². The monoisotopic (exact) mass is 422 g/mol. The molecule has 3 aromatic rings. The zero-order chi connectivity index (χ0) is 21.0. The van der Waals surface area contributed by atoms with E-state index in [0.717, 1.165) is 26.9 Å². The van der Waals surface area contributed by atoms with Crippen LogP contribution in [0.5, 0.6) is 0 Å². The third-order valence-electron chi connectivity index (χ3n) is 6.02. The number of amides is 3. The summed E-state index contributed by atoms with van der Waals surface area (Å²) < 4.78 is 0. The molecule has 1 aromatic carbocycles. The van der Waals surface area contributed by atoms with Crippen LogP contribution in [-0.2, 0) is 29.0 Å². The first-order chi connectivity index (χ1) is 14.4. The number of carbonyl (C=O) groups is 3. The summed E-state index contributed by atoms with van der Waals surface area (Å²) in [6.45, 7) is 1.14. The second-order valence-electron chi connectivity index (χ2n) is 7.90. The number of fused-ring (bicyclic) bond motifs is 4. The molecule has 2 aliphatic rings. The molecule has 2 aromatic heterocycles. The number of carbonyl (C=O) groups excluding carboxylic acids is 3. The maximum atomic E-state index is 13.0. The summed E-state index contributed by atoms with van der Waals surface area (Å²) in [5.41, 5.74) is 3.64. The highest BCUT2D eigenvalue weighted by atomic mass is 32.1. The van der Waals surface area contributed by atoms with E-state index in [-0.39, 0.29) is 24.3 Å².